The van der Waals surface area contributed by atoms with Crippen molar-refractivity contribution >= 4 is 27.5 Å². The van der Waals surface area contributed by atoms with E-state index in [9.17, 15) is 23.3 Å². The maximum absolute atomic E-state index is 13.0. The second-order valence-corrected chi connectivity index (χ2v) is 8.74. The van der Waals surface area contributed by atoms with Crippen molar-refractivity contribution in [2.75, 3.05) is 18.5 Å². The van der Waals surface area contributed by atoms with E-state index in [1.54, 1.807) is 36.4 Å². The summed E-state index contributed by atoms with van der Waals surface area (Å²) >= 11 is 0. The van der Waals surface area contributed by atoms with Gasteiger partial charge in [-0.2, -0.15) is 0 Å². The van der Waals surface area contributed by atoms with Crippen LogP contribution in [0, 0.1) is 10.1 Å². The van der Waals surface area contributed by atoms with Gasteiger partial charge >= 0.3 is 6.09 Å². The number of nitro groups is 1. The zero-order chi connectivity index (χ0) is 24.0. The summed E-state index contributed by atoms with van der Waals surface area (Å²) in [5.74, 6) is 0.595. The minimum Gasteiger partial charge on any atom is -0.497 e. The Morgan fingerprint density at radius 2 is 1.67 bits per heavy atom. The smallest absolute Gasteiger partial charge is 0.412 e. The summed E-state index contributed by atoms with van der Waals surface area (Å²) in [5.41, 5.74) is 0.679. The van der Waals surface area contributed by atoms with Crippen molar-refractivity contribution in [3.05, 3.63) is 88.5 Å². The fourth-order valence-electron chi connectivity index (χ4n) is 2.96. The standard InChI is InChI=1S/C22H21N3O7S/c1-24(33(29,30)20-6-4-3-5-7-20)21-13-12-19(31-2)14-16(21)15-23-22(26)32-18-10-8-17(9-11-18)25(27)28/h3-14H,15H2,1-2H3,(H,23,26). The Balaban J connectivity index is 1.78. The highest BCUT2D eigenvalue weighted by Gasteiger charge is 2.23. The second-order valence-electron chi connectivity index (χ2n) is 6.77. The predicted octanol–water partition coefficient (Wildman–Crippen LogP) is 3.72. The first-order valence-electron chi connectivity index (χ1n) is 9.63. The van der Waals surface area contributed by atoms with Gasteiger partial charge in [0.1, 0.15) is 11.5 Å². The van der Waals surface area contributed by atoms with Crippen LogP contribution in [0.3, 0.4) is 0 Å². The summed E-state index contributed by atoms with van der Waals surface area (Å²) in [5, 5.41) is 13.3. The van der Waals surface area contributed by atoms with Crippen LogP contribution in [-0.2, 0) is 16.6 Å². The number of nitrogens with one attached hydrogen (secondary N) is 1. The molecule has 3 aromatic rings. The molecule has 0 saturated heterocycles. The van der Waals surface area contributed by atoms with Crippen molar-refractivity contribution in [3.8, 4) is 11.5 Å². The Kier molecular flexibility index (Phi) is 7.13. The summed E-state index contributed by atoms with van der Waals surface area (Å²) in [7, 11) is -0.948. The average molecular weight is 471 g/mol. The number of carbonyl (C=O) groups excluding carboxylic acids is 1. The minimum absolute atomic E-state index is 0.0625. The van der Waals surface area contributed by atoms with Crippen LogP contribution >= 0.6 is 0 Å². The maximum Gasteiger partial charge on any atom is 0.412 e. The summed E-state index contributed by atoms with van der Waals surface area (Å²) in [6.07, 6.45) is -0.814. The van der Waals surface area contributed by atoms with Crippen LogP contribution in [0.1, 0.15) is 5.56 Å². The van der Waals surface area contributed by atoms with Gasteiger partial charge in [0, 0.05) is 25.7 Å². The van der Waals surface area contributed by atoms with E-state index in [-0.39, 0.29) is 22.9 Å². The number of non-ortho nitro benzene ring substituents is 1. The van der Waals surface area contributed by atoms with Gasteiger partial charge in [0.15, 0.2) is 0 Å². The van der Waals surface area contributed by atoms with Gasteiger partial charge in [-0.25, -0.2) is 13.2 Å². The number of benzene rings is 3. The van der Waals surface area contributed by atoms with Crippen molar-refractivity contribution < 1.29 is 27.6 Å². The van der Waals surface area contributed by atoms with Crippen LogP contribution in [0.4, 0.5) is 16.2 Å². The third-order valence-corrected chi connectivity index (χ3v) is 6.49. The van der Waals surface area contributed by atoms with Gasteiger partial charge in [-0.15, -0.1) is 0 Å². The van der Waals surface area contributed by atoms with E-state index in [1.165, 1.54) is 50.6 Å². The summed E-state index contributed by atoms with van der Waals surface area (Å²) in [6.45, 7) is -0.0625. The number of methoxy groups -OCH3 is 1. The monoisotopic (exact) mass is 471 g/mol. The molecular formula is C22H21N3O7S. The molecule has 1 N–H and O–H groups in total. The lowest BCUT2D eigenvalue weighted by atomic mass is 10.1. The van der Waals surface area contributed by atoms with E-state index >= 15 is 0 Å². The number of hydrogen-bond donors (Lipinski definition) is 1. The number of nitro benzene ring substituents is 1. The van der Waals surface area contributed by atoms with E-state index in [2.05, 4.69) is 5.32 Å². The molecule has 0 aliphatic carbocycles. The van der Waals surface area contributed by atoms with Gasteiger partial charge in [-0.1, -0.05) is 18.2 Å². The number of anilines is 1. The number of hydrogen-bond acceptors (Lipinski definition) is 7. The van der Waals surface area contributed by atoms with Crippen LogP contribution in [-0.4, -0.2) is 33.6 Å². The van der Waals surface area contributed by atoms with Crippen LogP contribution < -0.4 is 19.1 Å². The molecule has 3 aromatic carbocycles. The largest absolute Gasteiger partial charge is 0.497 e. The molecule has 0 fully saturated rings. The fourth-order valence-corrected chi connectivity index (χ4v) is 4.22. The molecule has 11 heteroatoms. The maximum atomic E-state index is 13.0. The molecule has 0 radical (unpaired) electrons. The summed E-state index contributed by atoms with van der Waals surface area (Å²) in [4.78, 5) is 22.5. The Morgan fingerprint density at radius 3 is 2.27 bits per heavy atom. The zero-order valence-corrected chi connectivity index (χ0v) is 18.6. The molecule has 172 valence electrons. The average Bonchev–Trinajstić information content (AvgIpc) is 2.83. The molecule has 0 atom stereocenters. The third-order valence-electron chi connectivity index (χ3n) is 4.71. The first-order chi connectivity index (χ1) is 15.7. The lowest BCUT2D eigenvalue weighted by molar-refractivity contribution is -0.384. The lowest BCUT2D eigenvalue weighted by Crippen LogP contribution is -2.30. The number of carbonyl (C=O) groups is 1. The van der Waals surface area contributed by atoms with E-state index < -0.39 is 21.0 Å². The number of sulfonamides is 1. The van der Waals surface area contributed by atoms with Crippen LogP contribution in [0.5, 0.6) is 11.5 Å². The van der Waals surface area contributed by atoms with Crippen molar-refractivity contribution in [1.82, 2.24) is 5.32 Å². The fraction of sp³-hybridized carbons (Fsp3) is 0.136. The Morgan fingerprint density at radius 1 is 1.03 bits per heavy atom. The first kappa shape index (κ1) is 23.5. The van der Waals surface area contributed by atoms with Crippen LogP contribution in [0.15, 0.2) is 77.7 Å². The van der Waals surface area contributed by atoms with Gasteiger partial charge in [-0.05, 0) is 48.0 Å². The molecule has 0 aliphatic rings. The summed E-state index contributed by atoms with van der Waals surface area (Å²) < 4.78 is 37.5. The summed E-state index contributed by atoms with van der Waals surface area (Å²) in [6, 6.07) is 17.8. The Labute approximate surface area is 190 Å². The molecular weight excluding hydrogens is 450 g/mol. The van der Waals surface area contributed by atoms with Gasteiger partial charge in [0.25, 0.3) is 15.7 Å². The molecule has 0 bridgehead atoms. The predicted molar refractivity (Wildman–Crippen MR) is 121 cm³/mol. The minimum atomic E-state index is -3.84. The highest BCUT2D eigenvalue weighted by atomic mass is 32.2. The highest BCUT2D eigenvalue weighted by Crippen LogP contribution is 2.29. The molecule has 0 aliphatic heterocycles. The lowest BCUT2D eigenvalue weighted by Gasteiger charge is -2.23. The van der Waals surface area contributed by atoms with E-state index in [0.717, 1.165) is 4.31 Å². The normalized spacial score (nSPS) is 10.8. The molecule has 0 heterocycles. The van der Waals surface area contributed by atoms with Crippen molar-refractivity contribution in [3.63, 3.8) is 0 Å². The molecule has 33 heavy (non-hydrogen) atoms. The van der Waals surface area contributed by atoms with Gasteiger partial charge in [0.2, 0.25) is 0 Å². The van der Waals surface area contributed by atoms with Gasteiger partial charge in [0.05, 0.1) is 22.6 Å². The first-order valence-corrected chi connectivity index (χ1v) is 11.1. The van der Waals surface area contributed by atoms with E-state index in [1.807, 2.05) is 0 Å². The Hall–Kier alpha value is -4.12. The Bertz CT molecular complexity index is 1250. The van der Waals surface area contributed by atoms with Gasteiger partial charge < -0.3 is 14.8 Å². The quantitative estimate of drug-likeness (QED) is 0.392. The number of ether oxygens (including phenoxy) is 2. The molecule has 0 aromatic heterocycles. The van der Waals surface area contributed by atoms with Crippen molar-refractivity contribution in [2.24, 2.45) is 0 Å². The SMILES string of the molecule is COc1ccc(N(C)S(=O)(=O)c2ccccc2)c(CNC(=O)Oc2ccc([N+](=O)[O-])cc2)c1. The third kappa shape index (κ3) is 5.57. The van der Waals surface area contributed by atoms with Crippen LogP contribution in [0.25, 0.3) is 0 Å². The number of rotatable bonds is 8. The molecule has 0 unspecified atom stereocenters. The molecule has 0 spiro atoms. The molecule has 1 amide bonds. The van der Waals surface area contributed by atoms with Crippen molar-refractivity contribution in [2.45, 2.75) is 11.4 Å². The van der Waals surface area contributed by atoms with E-state index in [0.29, 0.717) is 17.0 Å². The number of amides is 1. The molecule has 0 saturated carbocycles. The molecule has 3 rings (SSSR count). The number of nitrogens with zero attached hydrogens (tertiary/aromatic N) is 2. The zero-order valence-electron chi connectivity index (χ0n) is 17.8. The second kappa shape index (κ2) is 10.0. The van der Waals surface area contributed by atoms with Gasteiger partial charge in [-0.3, -0.25) is 14.4 Å². The van der Waals surface area contributed by atoms with Crippen LogP contribution in [0.2, 0.25) is 0 Å². The van der Waals surface area contributed by atoms with E-state index in [4.69, 9.17) is 9.47 Å². The topological polar surface area (TPSA) is 128 Å². The molecule has 10 nitrogen and oxygen atoms in total. The van der Waals surface area contributed by atoms with Crippen molar-refractivity contribution in [1.29, 1.82) is 0 Å². The highest BCUT2D eigenvalue weighted by molar-refractivity contribution is 7.92.